The van der Waals surface area contributed by atoms with Gasteiger partial charge in [-0.15, -0.1) is 0 Å². The van der Waals surface area contributed by atoms with Crippen LogP contribution in [0, 0.1) is 5.82 Å². The smallest absolute Gasteiger partial charge is 0.270 e. The van der Waals surface area contributed by atoms with Crippen LogP contribution in [0.5, 0.6) is 11.5 Å². The van der Waals surface area contributed by atoms with E-state index in [1.807, 2.05) is 0 Å². The van der Waals surface area contributed by atoms with Gasteiger partial charge in [0.2, 0.25) is 0 Å². The molecule has 116 valence electrons. The number of hydrogen-bond donors (Lipinski definition) is 2. The molecule has 0 aromatic heterocycles. The van der Waals surface area contributed by atoms with Gasteiger partial charge in [0.15, 0.2) is 15.8 Å². The van der Waals surface area contributed by atoms with Crippen molar-refractivity contribution in [3.8, 4) is 11.5 Å². The first-order chi connectivity index (χ1) is 11.0. The number of carbonyl (C=O) groups is 1. The lowest BCUT2D eigenvalue weighted by atomic mass is 10.2. The highest BCUT2D eigenvalue weighted by molar-refractivity contribution is 8.27. The summed E-state index contributed by atoms with van der Waals surface area (Å²) in [5.41, 5.74) is 1.05. The second kappa shape index (κ2) is 6.02. The van der Waals surface area contributed by atoms with E-state index in [1.54, 1.807) is 12.1 Å². The van der Waals surface area contributed by atoms with Crippen LogP contribution in [0.25, 0.3) is 6.08 Å². The van der Waals surface area contributed by atoms with Crippen LogP contribution in [0.15, 0.2) is 47.4 Å². The third kappa shape index (κ3) is 3.06. The molecule has 7 heteroatoms. The molecular weight excluding hydrogens is 337 g/mol. The molecule has 2 N–H and O–H groups in total. The second-order valence-corrected chi connectivity index (χ2v) is 6.42. The topological polar surface area (TPSA) is 60.8 Å². The number of halogens is 1. The normalized spacial score (nSPS) is 16.4. The summed E-state index contributed by atoms with van der Waals surface area (Å²) in [4.78, 5) is 14.2. The summed E-state index contributed by atoms with van der Waals surface area (Å²) in [7, 11) is 0. The number of thiocarbonyl (C=S) groups is 1. The van der Waals surface area contributed by atoms with Crippen LogP contribution in [0.1, 0.15) is 5.56 Å². The van der Waals surface area contributed by atoms with Crippen LogP contribution >= 0.6 is 24.0 Å². The molecule has 1 amide bonds. The Morgan fingerprint density at radius 3 is 2.43 bits per heavy atom. The number of aromatic hydroxyl groups is 2. The summed E-state index contributed by atoms with van der Waals surface area (Å²) in [5.74, 6) is -1.22. The molecule has 1 aliphatic rings. The van der Waals surface area contributed by atoms with E-state index in [4.69, 9.17) is 12.2 Å². The molecule has 3 rings (SSSR count). The summed E-state index contributed by atoms with van der Waals surface area (Å²) >= 11 is 6.33. The molecule has 0 aliphatic carbocycles. The molecule has 0 radical (unpaired) electrons. The van der Waals surface area contributed by atoms with Crippen molar-refractivity contribution >= 4 is 46.0 Å². The minimum Gasteiger partial charge on any atom is -0.504 e. The lowest BCUT2D eigenvalue weighted by Crippen LogP contribution is -2.27. The molecule has 0 unspecified atom stereocenters. The average molecular weight is 347 g/mol. The standard InChI is InChI=1S/C16H10FNO3S2/c17-10-2-4-11(5-3-10)18-15(21)14(23-16(18)22)8-9-1-6-12(19)13(20)7-9/h1-8,19-20H. The first-order valence-corrected chi connectivity index (χ1v) is 7.74. The van der Waals surface area contributed by atoms with Gasteiger partial charge >= 0.3 is 0 Å². The first kappa shape index (κ1) is 15.5. The molecule has 1 aliphatic heterocycles. The maximum atomic E-state index is 13.0. The number of phenols is 2. The van der Waals surface area contributed by atoms with Crippen LogP contribution in [0.4, 0.5) is 10.1 Å². The van der Waals surface area contributed by atoms with E-state index < -0.39 is 5.82 Å². The third-order valence-electron chi connectivity index (χ3n) is 3.18. The Morgan fingerprint density at radius 2 is 1.78 bits per heavy atom. The highest BCUT2D eigenvalue weighted by atomic mass is 32.2. The fourth-order valence-electron chi connectivity index (χ4n) is 2.06. The summed E-state index contributed by atoms with van der Waals surface area (Å²) in [6.45, 7) is 0. The molecule has 23 heavy (non-hydrogen) atoms. The minimum atomic E-state index is -0.394. The van der Waals surface area contributed by atoms with Crippen molar-refractivity contribution in [1.82, 2.24) is 0 Å². The van der Waals surface area contributed by atoms with Crippen molar-refractivity contribution in [2.45, 2.75) is 0 Å². The average Bonchev–Trinajstić information content (AvgIpc) is 2.79. The highest BCUT2D eigenvalue weighted by Gasteiger charge is 2.33. The molecule has 1 fully saturated rings. The van der Waals surface area contributed by atoms with Crippen LogP contribution in [-0.2, 0) is 4.79 Å². The summed E-state index contributed by atoms with van der Waals surface area (Å²) in [5, 5.41) is 18.8. The van der Waals surface area contributed by atoms with Crippen molar-refractivity contribution in [2.24, 2.45) is 0 Å². The van der Waals surface area contributed by atoms with Crippen molar-refractivity contribution in [3.05, 3.63) is 58.8 Å². The van der Waals surface area contributed by atoms with Crippen molar-refractivity contribution in [3.63, 3.8) is 0 Å². The third-order valence-corrected chi connectivity index (χ3v) is 4.48. The molecule has 1 heterocycles. The quantitative estimate of drug-likeness (QED) is 0.493. The van der Waals surface area contributed by atoms with Gasteiger partial charge in [-0.25, -0.2) is 4.39 Å². The Kier molecular flexibility index (Phi) is 4.06. The van der Waals surface area contributed by atoms with Gasteiger partial charge in [-0.2, -0.15) is 0 Å². The summed E-state index contributed by atoms with van der Waals surface area (Å²) in [6, 6.07) is 9.73. The van der Waals surface area contributed by atoms with Gasteiger partial charge in [-0.3, -0.25) is 9.69 Å². The SMILES string of the molecule is O=C1C(=Cc2ccc(O)c(O)c2)SC(=S)N1c1ccc(F)cc1. The van der Waals surface area contributed by atoms with E-state index in [1.165, 1.54) is 41.3 Å². The van der Waals surface area contributed by atoms with Crippen molar-refractivity contribution in [2.75, 3.05) is 4.90 Å². The lowest BCUT2D eigenvalue weighted by molar-refractivity contribution is -0.113. The number of amides is 1. The number of rotatable bonds is 2. The highest BCUT2D eigenvalue weighted by Crippen LogP contribution is 2.36. The fraction of sp³-hybridized carbons (Fsp3) is 0. The number of carbonyl (C=O) groups excluding carboxylic acids is 1. The van der Waals surface area contributed by atoms with E-state index >= 15 is 0 Å². The Morgan fingerprint density at radius 1 is 1.09 bits per heavy atom. The van der Waals surface area contributed by atoms with Gasteiger partial charge in [0.05, 0.1) is 10.6 Å². The molecule has 0 atom stereocenters. The van der Waals surface area contributed by atoms with E-state index in [0.717, 1.165) is 11.8 Å². The lowest BCUT2D eigenvalue weighted by Gasteiger charge is -2.14. The van der Waals surface area contributed by atoms with E-state index in [9.17, 15) is 19.4 Å². The fourth-order valence-corrected chi connectivity index (χ4v) is 3.36. The van der Waals surface area contributed by atoms with Crippen LogP contribution < -0.4 is 4.90 Å². The predicted octanol–water partition coefficient (Wildman–Crippen LogP) is 3.64. The maximum Gasteiger partial charge on any atom is 0.270 e. The molecule has 2 aromatic rings. The van der Waals surface area contributed by atoms with E-state index in [0.29, 0.717) is 20.5 Å². The number of phenolic OH excluding ortho intramolecular Hbond substituents is 2. The van der Waals surface area contributed by atoms with E-state index in [-0.39, 0.29) is 17.4 Å². The molecule has 4 nitrogen and oxygen atoms in total. The monoisotopic (exact) mass is 347 g/mol. The molecule has 1 saturated heterocycles. The zero-order valence-electron chi connectivity index (χ0n) is 11.6. The minimum absolute atomic E-state index is 0.235. The number of hydrogen-bond acceptors (Lipinski definition) is 5. The van der Waals surface area contributed by atoms with Crippen LogP contribution in [0.2, 0.25) is 0 Å². The Hall–Kier alpha value is -2.38. The van der Waals surface area contributed by atoms with Crippen LogP contribution in [-0.4, -0.2) is 20.4 Å². The maximum absolute atomic E-state index is 13.0. The number of anilines is 1. The van der Waals surface area contributed by atoms with Gasteiger partial charge in [0.1, 0.15) is 5.82 Å². The summed E-state index contributed by atoms with van der Waals surface area (Å²) < 4.78 is 13.3. The Labute approximate surface area is 140 Å². The predicted molar refractivity (Wildman–Crippen MR) is 91.8 cm³/mol. The van der Waals surface area contributed by atoms with Crippen molar-refractivity contribution < 1.29 is 19.4 Å². The van der Waals surface area contributed by atoms with Gasteiger partial charge in [0.25, 0.3) is 5.91 Å². The van der Waals surface area contributed by atoms with Gasteiger partial charge in [0, 0.05) is 0 Å². The molecule has 0 saturated carbocycles. The second-order valence-electron chi connectivity index (χ2n) is 4.74. The Bertz CT molecular complexity index is 834. The zero-order chi connectivity index (χ0) is 16.6. The van der Waals surface area contributed by atoms with Crippen LogP contribution in [0.3, 0.4) is 0 Å². The zero-order valence-corrected chi connectivity index (χ0v) is 13.2. The molecule has 0 bridgehead atoms. The number of nitrogens with zero attached hydrogens (tertiary/aromatic N) is 1. The number of thioether (sulfide) groups is 1. The summed E-state index contributed by atoms with van der Waals surface area (Å²) in [6.07, 6.45) is 1.57. The van der Waals surface area contributed by atoms with Gasteiger partial charge in [-0.05, 0) is 48.0 Å². The molecular formula is C16H10FNO3S2. The van der Waals surface area contributed by atoms with Gasteiger partial charge < -0.3 is 10.2 Å². The molecule has 2 aromatic carbocycles. The number of benzene rings is 2. The van der Waals surface area contributed by atoms with Gasteiger partial charge in [-0.1, -0.05) is 30.0 Å². The van der Waals surface area contributed by atoms with Crippen molar-refractivity contribution in [1.29, 1.82) is 0 Å². The molecule has 0 spiro atoms. The van der Waals surface area contributed by atoms with E-state index in [2.05, 4.69) is 0 Å². The Balaban J connectivity index is 1.92. The largest absolute Gasteiger partial charge is 0.504 e. The first-order valence-electron chi connectivity index (χ1n) is 6.51.